The fourth-order valence-corrected chi connectivity index (χ4v) is 3.04. The molecule has 3 aromatic rings. The number of benzene rings is 2. The van der Waals surface area contributed by atoms with E-state index in [-0.39, 0.29) is 12.1 Å². The van der Waals surface area contributed by atoms with Crippen LogP contribution < -0.4 is 10.1 Å². The third-order valence-electron chi connectivity index (χ3n) is 4.25. The number of nitrogens with zero attached hydrogens (tertiary/aromatic N) is 4. The molecule has 0 aliphatic carbocycles. The average Bonchev–Trinajstić information content (AvgIpc) is 3.10. The Morgan fingerprint density at radius 2 is 1.83 bits per heavy atom. The number of methoxy groups -OCH3 is 1. The zero-order chi connectivity index (χ0) is 15.6. The molecule has 6 heteroatoms. The first kappa shape index (κ1) is 13.8. The maximum atomic E-state index is 5.24. The molecule has 0 amide bonds. The molecule has 0 saturated carbocycles. The van der Waals surface area contributed by atoms with E-state index in [1.807, 2.05) is 22.9 Å². The van der Waals surface area contributed by atoms with Crippen LogP contribution in [0.5, 0.6) is 5.75 Å². The summed E-state index contributed by atoms with van der Waals surface area (Å²) in [6, 6.07) is 18.7. The van der Waals surface area contributed by atoms with Gasteiger partial charge < -0.3 is 10.1 Å². The third kappa shape index (κ3) is 2.52. The lowest BCUT2D eigenvalue weighted by Gasteiger charge is -2.31. The first-order valence-corrected chi connectivity index (χ1v) is 7.58. The predicted octanol–water partition coefficient (Wildman–Crippen LogP) is 2.83. The van der Waals surface area contributed by atoms with E-state index in [2.05, 4.69) is 57.2 Å². The van der Waals surface area contributed by atoms with Crippen molar-refractivity contribution in [2.24, 2.45) is 0 Å². The molecule has 1 aromatic heterocycles. The summed E-state index contributed by atoms with van der Waals surface area (Å²) >= 11 is 0. The topological polar surface area (TPSA) is 64.9 Å². The van der Waals surface area contributed by atoms with E-state index in [9.17, 15) is 0 Å². The molecule has 0 saturated heterocycles. The van der Waals surface area contributed by atoms with E-state index in [1.54, 1.807) is 7.11 Å². The quantitative estimate of drug-likeness (QED) is 0.806. The lowest BCUT2D eigenvalue weighted by molar-refractivity contribution is 0.410. The molecular formula is C17H17N5O. The second-order valence-electron chi connectivity index (χ2n) is 5.58. The molecule has 116 valence electrons. The summed E-state index contributed by atoms with van der Waals surface area (Å²) < 4.78 is 7.09. The summed E-state index contributed by atoms with van der Waals surface area (Å²) in [7, 11) is 1.67. The van der Waals surface area contributed by atoms with Gasteiger partial charge >= 0.3 is 0 Å². The van der Waals surface area contributed by atoms with E-state index < -0.39 is 0 Å². The summed E-state index contributed by atoms with van der Waals surface area (Å²) in [4.78, 5) is 0. The Balaban J connectivity index is 1.70. The molecule has 0 spiro atoms. The number of fused-ring (bicyclic) bond motifs is 1. The van der Waals surface area contributed by atoms with Gasteiger partial charge in [0.05, 0.1) is 19.2 Å². The standard InChI is InChI=1S/C17H17N5O/c1-23-14-9-7-13(8-10-14)16-11-15(12-5-3-2-4-6-12)18-17-19-20-21-22(16)17/h2-10,15-16H,11H2,1H3,(H,18,19,21). The first-order valence-electron chi connectivity index (χ1n) is 7.58. The Morgan fingerprint density at radius 3 is 2.57 bits per heavy atom. The highest BCUT2D eigenvalue weighted by Gasteiger charge is 2.30. The highest BCUT2D eigenvalue weighted by molar-refractivity contribution is 5.38. The van der Waals surface area contributed by atoms with Crippen LogP contribution in [0, 0.1) is 0 Å². The largest absolute Gasteiger partial charge is 0.497 e. The molecule has 0 fully saturated rings. The van der Waals surface area contributed by atoms with Crippen LogP contribution in [0.15, 0.2) is 54.6 Å². The van der Waals surface area contributed by atoms with Crippen molar-refractivity contribution in [2.75, 3.05) is 12.4 Å². The van der Waals surface area contributed by atoms with Crippen LogP contribution >= 0.6 is 0 Å². The van der Waals surface area contributed by atoms with Crippen molar-refractivity contribution in [1.82, 2.24) is 20.2 Å². The van der Waals surface area contributed by atoms with Crippen LogP contribution in [0.1, 0.15) is 29.6 Å². The van der Waals surface area contributed by atoms with Crippen LogP contribution in [0.2, 0.25) is 0 Å². The first-order chi connectivity index (χ1) is 11.3. The van der Waals surface area contributed by atoms with Crippen LogP contribution in [0.25, 0.3) is 0 Å². The summed E-state index contributed by atoms with van der Waals surface area (Å²) in [6.07, 6.45) is 0.883. The summed E-state index contributed by atoms with van der Waals surface area (Å²) in [5.74, 6) is 1.55. The monoisotopic (exact) mass is 307 g/mol. The maximum Gasteiger partial charge on any atom is 0.243 e. The molecule has 1 aliphatic heterocycles. The summed E-state index contributed by atoms with van der Waals surface area (Å²) in [5.41, 5.74) is 2.40. The van der Waals surface area contributed by atoms with Crippen molar-refractivity contribution in [1.29, 1.82) is 0 Å². The molecule has 2 aromatic carbocycles. The minimum atomic E-state index is 0.0948. The smallest absolute Gasteiger partial charge is 0.243 e. The molecule has 0 radical (unpaired) electrons. The van der Waals surface area contributed by atoms with Gasteiger partial charge in [-0.05, 0) is 40.1 Å². The molecule has 2 atom stereocenters. The number of ether oxygens (including phenoxy) is 1. The zero-order valence-electron chi connectivity index (χ0n) is 12.8. The van der Waals surface area contributed by atoms with Gasteiger partial charge in [-0.2, -0.15) is 0 Å². The van der Waals surface area contributed by atoms with E-state index in [0.717, 1.165) is 12.2 Å². The lowest BCUT2D eigenvalue weighted by Crippen LogP contribution is -2.28. The van der Waals surface area contributed by atoms with E-state index in [0.29, 0.717) is 5.95 Å². The number of nitrogens with one attached hydrogen (secondary N) is 1. The number of hydrogen-bond donors (Lipinski definition) is 1. The van der Waals surface area contributed by atoms with Gasteiger partial charge in [0.2, 0.25) is 5.95 Å². The predicted molar refractivity (Wildman–Crippen MR) is 86.4 cm³/mol. The SMILES string of the molecule is COc1ccc(C2CC(c3ccccc3)Nc3nnnn32)cc1. The van der Waals surface area contributed by atoms with Gasteiger partial charge in [-0.25, -0.2) is 4.68 Å². The normalized spacial score (nSPS) is 19.7. The second kappa shape index (κ2) is 5.72. The number of hydrogen-bond acceptors (Lipinski definition) is 5. The van der Waals surface area contributed by atoms with Crippen molar-refractivity contribution in [3.05, 3.63) is 65.7 Å². The van der Waals surface area contributed by atoms with Crippen LogP contribution in [0.4, 0.5) is 5.95 Å². The van der Waals surface area contributed by atoms with Gasteiger partial charge in [0.1, 0.15) is 5.75 Å². The number of rotatable bonds is 3. The number of aromatic nitrogens is 4. The van der Waals surface area contributed by atoms with Gasteiger partial charge in [-0.15, -0.1) is 0 Å². The van der Waals surface area contributed by atoms with Gasteiger partial charge in [-0.3, -0.25) is 0 Å². The zero-order valence-corrected chi connectivity index (χ0v) is 12.8. The van der Waals surface area contributed by atoms with E-state index in [4.69, 9.17) is 4.74 Å². The molecule has 0 bridgehead atoms. The number of anilines is 1. The molecule has 2 unspecified atom stereocenters. The van der Waals surface area contributed by atoms with Gasteiger partial charge in [-0.1, -0.05) is 47.6 Å². The molecule has 4 rings (SSSR count). The maximum absolute atomic E-state index is 5.24. The Kier molecular flexibility index (Phi) is 3.42. The van der Waals surface area contributed by atoms with Gasteiger partial charge in [0.25, 0.3) is 0 Å². The molecule has 1 N–H and O–H groups in total. The Morgan fingerprint density at radius 1 is 1.04 bits per heavy atom. The highest BCUT2D eigenvalue weighted by Crippen LogP contribution is 2.37. The molecule has 23 heavy (non-hydrogen) atoms. The van der Waals surface area contributed by atoms with E-state index >= 15 is 0 Å². The molecular weight excluding hydrogens is 290 g/mol. The molecule has 2 heterocycles. The van der Waals surface area contributed by atoms with Crippen LogP contribution in [0.3, 0.4) is 0 Å². The fourth-order valence-electron chi connectivity index (χ4n) is 3.04. The minimum absolute atomic E-state index is 0.0948. The Bertz CT molecular complexity index is 784. The van der Waals surface area contributed by atoms with Crippen molar-refractivity contribution in [3.63, 3.8) is 0 Å². The summed E-state index contributed by atoms with van der Waals surface area (Å²) in [6.45, 7) is 0. The highest BCUT2D eigenvalue weighted by atomic mass is 16.5. The van der Waals surface area contributed by atoms with E-state index in [1.165, 1.54) is 11.1 Å². The van der Waals surface area contributed by atoms with Gasteiger partial charge in [0, 0.05) is 0 Å². The van der Waals surface area contributed by atoms with Crippen LogP contribution in [-0.4, -0.2) is 27.3 Å². The average molecular weight is 307 g/mol. The minimum Gasteiger partial charge on any atom is -0.497 e. The lowest BCUT2D eigenvalue weighted by atomic mass is 9.93. The van der Waals surface area contributed by atoms with Crippen molar-refractivity contribution < 1.29 is 4.74 Å². The Hall–Kier alpha value is -2.89. The molecule has 6 nitrogen and oxygen atoms in total. The van der Waals surface area contributed by atoms with Crippen molar-refractivity contribution >= 4 is 5.95 Å². The van der Waals surface area contributed by atoms with Crippen LogP contribution in [-0.2, 0) is 0 Å². The number of tetrazole rings is 1. The van der Waals surface area contributed by atoms with Crippen molar-refractivity contribution in [3.8, 4) is 5.75 Å². The Labute approximate surface area is 134 Å². The van der Waals surface area contributed by atoms with Gasteiger partial charge in [0.15, 0.2) is 0 Å². The third-order valence-corrected chi connectivity index (χ3v) is 4.25. The summed E-state index contributed by atoms with van der Waals surface area (Å²) in [5, 5.41) is 15.5. The fraction of sp³-hybridized carbons (Fsp3) is 0.235. The second-order valence-corrected chi connectivity index (χ2v) is 5.58. The molecule has 1 aliphatic rings. The van der Waals surface area contributed by atoms with Crippen molar-refractivity contribution in [2.45, 2.75) is 18.5 Å².